The van der Waals surface area contributed by atoms with Crippen LogP contribution in [0.3, 0.4) is 0 Å². The van der Waals surface area contributed by atoms with Gasteiger partial charge in [0.15, 0.2) is 0 Å². The average molecular weight is 357 g/mol. The molecule has 0 amide bonds. The minimum atomic E-state index is -0.939. The molecule has 27 heavy (non-hydrogen) atoms. The molecular formula is C21H15N3O3. The number of rotatable bonds is 3. The predicted molar refractivity (Wildman–Crippen MR) is 100 cm³/mol. The van der Waals surface area contributed by atoms with Crippen molar-refractivity contribution in [3.05, 3.63) is 93.7 Å². The largest absolute Gasteiger partial charge is 0.478 e. The molecule has 6 heteroatoms. The Morgan fingerprint density at radius 1 is 1.19 bits per heavy atom. The van der Waals surface area contributed by atoms with Gasteiger partial charge in [-0.2, -0.15) is 0 Å². The number of carboxylic acid groups (broad SMARTS) is 1. The van der Waals surface area contributed by atoms with Crippen LogP contribution in [0.15, 0.2) is 65.7 Å². The summed E-state index contributed by atoms with van der Waals surface area (Å²) < 4.78 is 1.85. The molecule has 0 radical (unpaired) electrons. The van der Waals surface area contributed by atoms with E-state index in [2.05, 4.69) is 16.0 Å². The maximum Gasteiger partial charge on any atom is 0.335 e. The van der Waals surface area contributed by atoms with E-state index in [1.54, 1.807) is 30.6 Å². The summed E-state index contributed by atoms with van der Waals surface area (Å²) in [6.45, 7) is 0. The molecule has 0 aliphatic heterocycles. The van der Waals surface area contributed by atoms with Gasteiger partial charge in [-0.25, -0.2) is 9.78 Å². The highest BCUT2D eigenvalue weighted by atomic mass is 16.4. The van der Waals surface area contributed by atoms with Gasteiger partial charge in [0.2, 0.25) is 5.65 Å². The molecule has 4 aromatic rings. The molecule has 6 nitrogen and oxygen atoms in total. The van der Waals surface area contributed by atoms with Crippen molar-refractivity contribution < 1.29 is 9.90 Å². The number of imidazole rings is 1. The number of nitrogens with zero attached hydrogens (tertiary/aromatic N) is 2. The highest BCUT2D eigenvalue weighted by molar-refractivity contribution is 5.87. The molecular weight excluding hydrogens is 342 g/mol. The van der Waals surface area contributed by atoms with E-state index in [4.69, 9.17) is 0 Å². The molecule has 132 valence electrons. The summed E-state index contributed by atoms with van der Waals surface area (Å²) in [5.74, 6) is -0.945. The van der Waals surface area contributed by atoms with Gasteiger partial charge < -0.3 is 10.1 Å². The quantitative estimate of drug-likeness (QED) is 0.590. The second-order valence-corrected chi connectivity index (χ2v) is 6.68. The van der Waals surface area contributed by atoms with Gasteiger partial charge >= 0.3 is 5.97 Å². The second-order valence-electron chi connectivity index (χ2n) is 6.68. The summed E-state index contributed by atoms with van der Waals surface area (Å²) in [5.41, 5.74) is 5.25. The third-order valence-corrected chi connectivity index (χ3v) is 5.15. The van der Waals surface area contributed by atoms with Crippen LogP contribution >= 0.6 is 0 Å². The molecule has 1 unspecified atom stereocenters. The van der Waals surface area contributed by atoms with Crippen molar-refractivity contribution in [1.29, 1.82) is 0 Å². The fourth-order valence-corrected chi connectivity index (χ4v) is 4.02. The first-order valence-corrected chi connectivity index (χ1v) is 8.64. The van der Waals surface area contributed by atoms with Gasteiger partial charge in [-0.05, 0) is 29.7 Å². The van der Waals surface area contributed by atoms with Crippen LogP contribution in [0, 0.1) is 0 Å². The predicted octanol–water partition coefficient (Wildman–Crippen LogP) is 3.08. The number of H-pyrrole nitrogens is 1. The Kier molecular flexibility index (Phi) is 3.27. The minimum absolute atomic E-state index is 0.00575. The van der Waals surface area contributed by atoms with Crippen LogP contribution in [-0.4, -0.2) is 25.4 Å². The van der Waals surface area contributed by atoms with Gasteiger partial charge in [-0.1, -0.05) is 36.4 Å². The van der Waals surface area contributed by atoms with E-state index >= 15 is 0 Å². The summed E-state index contributed by atoms with van der Waals surface area (Å²) in [4.78, 5) is 30.9. The molecule has 2 aromatic carbocycles. The molecule has 2 aromatic heterocycles. The number of carbonyl (C=O) groups is 1. The number of aromatic amines is 1. The standard InChI is InChI=1S/C21H15N3O3/c25-20-19-22-8-9-24(19)18-16(11-12-4-3-5-13(10-12)21(26)27)14-6-1-2-7-15(14)17(18)23-20/h1-10,16H,11H2,(H,23,25)(H,26,27). The fourth-order valence-electron chi connectivity index (χ4n) is 4.02. The molecule has 0 saturated carbocycles. The second kappa shape index (κ2) is 5.67. The zero-order chi connectivity index (χ0) is 18.5. The van der Waals surface area contributed by atoms with E-state index in [9.17, 15) is 14.7 Å². The van der Waals surface area contributed by atoms with Gasteiger partial charge in [0.1, 0.15) is 0 Å². The van der Waals surface area contributed by atoms with E-state index in [-0.39, 0.29) is 17.0 Å². The van der Waals surface area contributed by atoms with Crippen LogP contribution in [-0.2, 0) is 6.42 Å². The topological polar surface area (TPSA) is 87.5 Å². The van der Waals surface area contributed by atoms with Crippen molar-refractivity contribution >= 4 is 11.6 Å². The Labute approximate surface area is 153 Å². The lowest BCUT2D eigenvalue weighted by atomic mass is 9.92. The summed E-state index contributed by atoms with van der Waals surface area (Å²) >= 11 is 0. The molecule has 1 atom stereocenters. The average Bonchev–Trinajstić information content (AvgIpc) is 3.27. The van der Waals surface area contributed by atoms with Crippen molar-refractivity contribution in [3.8, 4) is 11.3 Å². The third kappa shape index (κ3) is 2.30. The fraction of sp³-hybridized carbons (Fsp3) is 0.0952. The summed E-state index contributed by atoms with van der Waals surface area (Å²) in [6.07, 6.45) is 4.05. The van der Waals surface area contributed by atoms with Crippen molar-refractivity contribution in [2.24, 2.45) is 0 Å². The lowest BCUT2D eigenvalue weighted by Crippen LogP contribution is -2.15. The molecule has 2 N–H and O–H groups in total. The van der Waals surface area contributed by atoms with Crippen molar-refractivity contribution in [3.63, 3.8) is 0 Å². The molecule has 1 aliphatic rings. The van der Waals surface area contributed by atoms with Crippen LogP contribution in [0.5, 0.6) is 0 Å². The van der Waals surface area contributed by atoms with Gasteiger partial charge in [-0.15, -0.1) is 0 Å². The summed E-state index contributed by atoms with van der Waals surface area (Å²) in [5, 5.41) is 9.28. The molecule has 0 spiro atoms. The van der Waals surface area contributed by atoms with Crippen LogP contribution in [0.2, 0.25) is 0 Å². The van der Waals surface area contributed by atoms with Crippen LogP contribution < -0.4 is 5.56 Å². The first-order valence-electron chi connectivity index (χ1n) is 8.64. The van der Waals surface area contributed by atoms with Gasteiger partial charge in [0.05, 0.1) is 17.0 Å². The zero-order valence-corrected chi connectivity index (χ0v) is 14.2. The Bertz CT molecular complexity index is 1270. The zero-order valence-electron chi connectivity index (χ0n) is 14.2. The summed E-state index contributed by atoms with van der Waals surface area (Å²) in [6, 6.07) is 15.0. The minimum Gasteiger partial charge on any atom is -0.478 e. The molecule has 1 aliphatic carbocycles. The number of nitrogens with one attached hydrogen (secondary N) is 1. The number of carboxylic acids is 1. The normalized spacial score (nSPS) is 14.9. The van der Waals surface area contributed by atoms with E-state index in [1.165, 1.54) is 0 Å². The first kappa shape index (κ1) is 15.6. The maximum absolute atomic E-state index is 12.4. The number of aromatic carboxylic acids is 1. The van der Waals surface area contributed by atoms with Crippen LogP contribution in [0.25, 0.3) is 16.9 Å². The Balaban J connectivity index is 1.72. The van der Waals surface area contributed by atoms with Crippen molar-refractivity contribution in [1.82, 2.24) is 14.4 Å². The summed E-state index contributed by atoms with van der Waals surface area (Å²) in [7, 11) is 0. The van der Waals surface area contributed by atoms with E-state index in [1.807, 2.05) is 28.7 Å². The Morgan fingerprint density at radius 3 is 2.89 bits per heavy atom. The highest BCUT2D eigenvalue weighted by Gasteiger charge is 2.32. The van der Waals surface area contributed by atoms with Gasteiger partial charge in [-0.3, -0.25) is 9.20 Å². The molecule has 0 saturated heterocycles. The smallest absolute Gasteiger partial charge is 0.335 e. The Hall–Kier alpha value is -3.67. The van der Waals surface area contributed by atoms with Gasteiger partial charge in [0, 0.05) is 23.9 Å². The molecule has 0 bridgehead atoms. The van der Waals surface area contributed by atoms with Crippen LogP contribution in [0.4, 0.5) is 0 Å². The first-order chi connectivity index (χ1) is 13.1. The van der Waals surface area contributed by atoms with Gasteiger partial charge in [0.25, 0.3) is 5.56 Å². The van der Waals surface area contributed by atoms with Crippen molar-refractivity contribution in [2.75, 3.05) is 0 Å². The monoisotopic (exact) mass is 357 g/mol. The number of fused-ring (bicyclic) bond motifs is 5. The SMILES string of the molecule is O=C(O)c1cccc(CC2c3ccccc3-c3[nH]c(=O)c4nccn4c32)c1. The number of hydrogen-bond acceptors (Lipinski definition) is 3. The maximum atomic E-state index is 12.4. The molecule has 2 heterocycles. The van der Waals surface area contributed by atoms with Crippen LogP contribution in [0.1, 0.15) is 33.1 Å². The van der Waals surface area contributed by atoms with Crippen molar-refractivity contribution in [2.45, 2.75) is 12.3 Å². The van der Waals surface area contributed by atoms with E-state index in [0.717, 1.165) is 28.1 Å². The third-order valence-electron chi connectivity index (χ3n) is 5.15. The molecule has 5 rings (SSSR count). The number of aromatic nitrogens is 3. The Morgan fingerprint density at radius 2 is 2.04 bits per heavy atom. The molecule has 0 fully saturated rings. The van der Waals surface area contributed by atoms with E-state index in [0.29, 0.717) is 12.1 Å². The highest BCUT2D eigenvalue weighted by Crippen LogP contribution is 2.44. The number of benzene rings is 2. The van der Waals surface area contributed by atoms with E-state index < -0.39 is 5.97 Å². The number of hydrogen-bond donors (Lipinski definition) is 2. The lowest BCUT2D eigenvalue weighted by Gasteiger charge is -2.15. The lowest BCUT2D eigenvalue weighted by molar-refractivity contribution is 0.0696.